The highest BCUT2D eigenvalue weighted by Gasteiger charge is 2.02. The van der Waals surface area contributed by atoms with Gasteiger partial charge in [0.2, 0.25) is 5.91 Å². The molecule has 0 bridgehead atoms. The molecule has 1 heterocycles. The second kappa shape index (κ2) is 6.97. The third-order valence-electron chi connectivity index (χ3n) is 1.71. The van der Waals surface area contributed by atoms with Crippen LogP contribution in [0.4, 0.5) is 0 Å². The molecule has 0 aliphatic carbocycles. The summed E-state index contributed by atoms with van der Waals surface area (Å²) >= 11 is 0. The number of ether oxygens (including phenoxy) is 1. The number of carbonyl (C=O) groups is 1. The molecule has 0 aliphatic heterocycles. The maximum Gasteiger partial charge on any atom is 0.226 e. The van der Waals surface area contributed by atoms with E-state index in [1.54, 1.807) is 12.3 Å². The number of H-pyrrole nitrogens is 1. The first-order valence-electron chi connectivity index (χ1n) is 4.76. The molecule has 6 nitrogen and oxygen atoms in total. The summed E-state index contributed by atoms with van der Waals surface area (Å²) in [5, 5.41) is 17.6. The Morgan fingerprint density at radius 2 is 2.47 bits per heavy atom. The Morgan fingerprint density at radius 3 is 3.13 bits per heavy atom. The van der Waals surface area contributed by atoms with Gasteiger partial charge in [-0.2, -0.15) is 5.10 Å². The number of hydrogen-bond acceptors (Lipinski definition) is 4. The van der Waals surface area contributed by atoms with Crippen LogP contribution >= 0.6 is 0 Å². The van der Waals surface area contributed by atoms with Gasteiger partial charge in [0.25, 0.3) is 0 Å². The minimum atomic E-state index is -0.0770. The van der Waals surface area contributed by atoms with E-state index in [2.05, 4.69) is 15.5 Å². The zero-order valence-corrected chi connectivity index (χ0v) is 8.40. The first kappa shape index (κ1) is 11.7. The van der Waals surface area contributed by atoms with Crippen LogP contribution in [0, 0.1) is 0 Å². The van der Waals surface area contributed by atoms with Gasteiger partial charge in [-0.15, -0.1) is 0 Å². The third kappa shape index (κ3) is 5.14. The Labute approximate surface area is 87.6 Å². The van der Waals surface area contributed by atoms with Gasteiger partial charge in [0.1, 0.15) is 0 Å². The Morgan fingerprint density at radius 1 is 1.60 bits per heavy atom. The molecule has 3 N–H and O–H groups in total. The van der Waals surface area contributed by atoms with Crippen molar-refractivity contribution in [2.45, 2.75) is 6.42 Å². The zero-order valence-electron chi connectivity index (χ0n) is 8.40. The summed E-state index contributed by atoms with van der Waals surface area (Å²) in [5.41, 5.74) is 0.781. The summed E-state index contributed by atoms with van der Waals surface area (Å²) in [7, 11) is 0. The van der Waals surface area contributed by atoms with Crippen molar-refractivity contribution in [1.82, 2.24) is 15.5 Å². The molecule has 0 atom stereocenters. The van der Waals surface area contributed by atoms with E-state index < -0.39 is 0 Å². The van der Waals surface area contributed by atoms with Crippen LogP contribution < -0.4 is 5.32 Å². The van der Waals surface area contributed by atoms with Crippen LogP contribution in [0.1, 0.15) is 5.69 Å². The fourth-order valence-electron chi connectivity index (χ4n) is 1.05. The maximum absolute atomic E-state index is 11.3. The number of aliphatic hydroxyl groups excluding tert-OH is 1. The Balaban J connectivity index is 2.04. The standard InChI is InChI=1S/C9H15N3O3/c13-4-6-15-5-3-10-9(14)7-8-1-2-11-12-8/h1-2,13H,3-7H2,(H,10,14)(H,11,12). The van der Waals surface area contributed by atoms with Gasteiger partial charge in [-0.3, -0.25) is 9.89 Å². The van der Waals surface area contributed by atoms with Gasteiger partial charge in [-0.25, -0.2) is 0 Å². The molecule has 84 valence electrons. The normalized spacial score (nSPS) is 10.2. The van der Waals surface area contributed by atoms with Crippen molar-refractivity contribution >= 4 is 5.91 Å². The fourth-order valence-corrected chi connectivity index (χ4v) is 1.05. The Kier molecular flexibility index (Phi) is 5.42. The average Bonchev–Trinajstić information content (AvgIpc) is 2.70. The lowest BCUT2D eigenvalue weighted by molar-refractivity contribution is -0.120. The van der Waals surface area contributed by atoms with E-state index in [0.29, 0.717) is 26.2 Å². The van der Waals surface area contributed by atoms with Crippen molar-refractivity contribution in [3.8, 4) is 0 Å². The number of aliphatic hydroxyl groups is 1. The van der Waals surface area contributed by atoms with Gasteiger partial charge >= 0.3 is 0 Å². The van der Waals surface area contributed by atoms with E-state index in [1.807, 2.05) is 0 Å². The van der Waals surface area contributed by atoms with Crippen LogP contribution in [0.15, 0.2) is 12.3 Å². The number of aromatic nitrogens is 2. The van der Waals surface area contributed by atoms with Gasteiger partial charge in [-0.1, -0.05) is 0 Å². The summed E-state index contributed by atoms with van der Waals surface area (Å²) in [6.07, 6.45) is 1.90. The van der Waals surface area contributed by atoms with Crippen LogP contribution in [-0.2, 0) is 16.0 Å². The highest BCUT2D eigenvalue weighted by Crippen LogP contribution is 1.92. The van der Waals surface area contributed by atoms with Gasteiger partial charge in [0.15, 0.2) is 0 Å². The maximum atomic E-state index is 11.3. The van der Waals surface area contributed by atoms with Crippen molar-refractivity contribution in [3.05, 3.63) is 18.0 Å². The molecular weight excluding hydrogens is 198 g/mol. The molecule has 1 aromatic rings. The largest absolute Gasteiger partial charge is 0.394 e. The molecule has 6 heteroatoms. The summed E-state index contributed by atoms with van der Waals surface area (Å²) < 4.78 is 4.98. The molecule has 0 fully saturated rings. The lowest BCUT2D eigenvalue weighted by atomic mass is 10.3. The van der Waals surface area contributed by atoms with Gasteiger partial charge in [0, 0.05) is 18.4 Å². The second-order valence-corrected chi connectivity index (χ2v) is 2.94. The first-order chi connectivity index (χ1) is 7.33. The van der Waals surface area contributed by atoms with E-state index in [0.717, 1.165) is 5.69 Å². The molecular formula is C9H15N3O3. The SMILES string of the molecule is O=C(Cc1ccn[nH]1)NCCOCCO. The van der Waals surface area contributed by atoms with Gasteiger partial charge in [-0.05, 0) is 6.07 Å². The molecule has 0 saturated carbocycles. The monoisotopic (exact) mass is 213 g/mol. The van der Waals surface area contributed by atoms with E-state index in [-0.39, 0.29) is 12.5 Å². The summed E-state index contributed by atoms with van der Waals surface area (Å²) in [4.78, 5) is 11.3. The Hall–Kier alpha value is -1.40. The Bertz CT molecular complexity index is 274. The number of aromatic amines is 1. The van der Waals surface area contributed by atoms with Crippen LogP contribution in [0.3, 0.4) is 0 Å². The van der Waals surface area contributed by atoms with E-state index in [9.17, 15) is 4.79 Å². The molecule has 1 rings (SSSR count). The molecule has 0 spiro atoms. The van der Waals surface area contributed by atoms with Crippen LogP contribution in [-0.4, -0.2) is 47.6 Å². The van der Waals surface area contributed by atoms with E-state index in [4.69, 9.17) is 9.84 Å². The van der Waals surface area contributed by atoms with Crippen molar-refractivity contribution in [2.24, 2.45) is 0 Å². The van der Waals surface area contributed by atoms with E-state index >= 15 is 0 Å². The number of carbonyl (C=O) groups excluding carboxylic acids is 1. The van der Waals surface area contributed by atoms with Crippen LogP contribution in [0.5, 0.6) is 0 Å². The minimum absolute atomic E-state index is 0.00207. The fraction of sp³-hybridized carbons (Fsp3) is 0.556. The first-order valence-corrected chi connectivity index (χ1v) is 4.76. The highest BCUT2D eigenvalue weighted by atomic mass is 16.5. The molecule has 1 aromatic heterocycles. The van der Waals surface area contributed by atoms with E-state index in [1.165, 1.54) is 0 Å². The van der Waals surface area contributed by atoms with Crippen molar-refractivity contribution in [2.75, 3.05) is 26.4 Å². The number of hydrogen-bond donors (Lipinski definition) is 3. The molecule has 0 saturated heterocycles. The smallest absolute Gasteiger partial charge is 0.226 e. The van der Waals surface area contributed by atoms with Crippen molar-refractivity contribution in [1.29, 1.82) is 0 Å². The molecule has 0 radical (unpaired) electrons. The quantitative estimate of drug-likeness (QED) is 0.511. The number of amides is 1. The molecule has 0 aromatic carbocycles. The highest BCUT2D eigenvalue weighted by molar-refractivity contribution is 5.77. The minimum Gasteiger partial charge on any atom is -0.394 e. The van der Waals surface area contributed by atoms with Crippen LogP contribution in [0.25, 0.3) is 0 Å². The average molecular weight is 213 g/mol. The van der Waals surface area contributed by atoms with Crippen LogP contribution in [0.2, 0.25) is 0 Å². The number of rotatable bonds is 7. The lowest BCUT2D eigenvalue weighted by Crippen LogP contribution is -2.29. The second-order valence-electron chi connectivity index (χ2n) is 2.94. The molecule has 0 unspecified atom stereocenters. The van der Waals surface area contributed by atoms with Crippen molar-refractivity contribution in [3.63, 3.8) is 0 Å². The summed E-state index contributed by atoms with van der Waals surface area (Å²) in [5.74, 6) is -0.0770. The topological polar surface area (TPSA) is 87.2 Å². The summed E-state index contributed by atoms with van der Waals surface area (Å²) in [6, 6.07) is 1.75. The summed E-state index contributed by atoms with van der Waals surface area (Å²) in [6.45, 7) is 1.17. The molecule has 0 aliphatic rings. The van der Waals surface area contributed by atoms with Gasteiger partial charge in [0.05, 0.1) is 26.2 Å². The third-order valence-corrected chi connectivity index (χ3v) is 1.71. The number of nitrogens with one attached hydrogen (secondary N) is 2. The zero-order chi connectivity index (χ0) is 10.9. The van der Waals surface area contributed by atoms with Gasteiger partial charge < -0.3 is 15.2 Å². The number of nitrogens with zero attached hydrogens (tertiary/aromatic N) is 1. The molecule has 15 heavy (non-hydrogen) atoms. The predicted octanol–water partition coefficient (Wildman–Crippen LogP) is -0.923. The lowest BCUT2D eigenvalue weighted by Gasteiger charge is -2.04. The van der Waals surface area contributed by atoms with Crippen molar-refractivity contribution < 1.29 is 14.6 Å². The predicted molar refractivity (Wildman–Crippen MR) is 53.2 cm³/mol. The molecule has 1 amide bonds.